The Morgan fingerprint density at radius 1 is 1.12 bits per heavy atom. The second-order valence-corrected chi connectivity index (χ2v) is 6.65. The SMILES string of the molecule is Cc1nc2ncc(C(=O)Nc3cc(C(=O)NC4CC4)ccc3C)cc2[nH]1. The highest BCUT2D eigenvalue weighted by atomic mass is 16.2. The van der Waals surface area contributed by atoms with E-state index < -0.39 is 0 Å². The fourth-order valence-electron chi connectivity index (χ4n) is 2.73. The molecule has 4 rings (SSSR count). The van der Waals surface area contributed by atoms with Crippen LogP contribution in [0.3, 0.4) is 0 Å². The van der Waals surface area contributed by atoms with Gasteiger partial charge in [0.25, 0.3) is 11.8 Å². The third-order valence-corrected chi connectivity index (χ3v) is 4.38. The van der Waals surface area contributed by atoms with E-state index in [4.69, 9.17) is 0 Å². The molecule has 1 aromatic carbocycles. The lowest BCUT2D eigenvalue weighted by atomic mass is 10.1. The van der Waals surface area contributed by atoms with Crippen molar-refractivity contribution in [2.24, 2.45) is 0 Å². The monoisotopic (exact) mass is 349 g/mol. The second-order valence-electron chi connectivity index (χ2n) is 6.65. The lowest BCUT2D eigenvalue weighted by molar-refractivity contribution is 0.0949. The summed E-state index contributed by atoms with van der Waals surface area (Å²) in [4.78, 5) is 36.3. The molecular weight excluding hydrogens is 330 g/mol. The van der Waals surface area contributed by atoms with E-state index in [9.17, 15) is 9.59 Å². The molecule has 26 heavy (non-hydrogen) atoms. The van der Waals surface area contributed by atoms with E-state index >= 15 is 0 Å². The van der Waals surface area contributed by atoms with Gasteiger partial charge in [-0.15, -0.1) is 0 Å². The molecule has 2 amide bonds. The van der Waals surface area contributed by atoms with Crippen LogP contribution < -0.4 is 10.6 Å². The number of benzene rings is 1. The molecule has 0 unspecified atom stereocenters. The summed E-state index contributed by atoms with van der Waals surface area (Å²) < 4.78 is 0. The number of aryl methyl sites for hydroxylation is 2. The average Bonchev–Trinajstić information content (AvgIpc) is 3.34. The first-order valence-corrected chi connectivity index (χ1v) is 8.55. The van der Waals surface area contributed by atoms with E-state index in [1.165, 1.54) is 6.20 Å². The zero-order valence-electron chi connectivity index (χ0n) is 14.6. The predicted molar refractivity (Wildman–Crippen MR) is 98.2 cm³/mol. The minimum absolute atomic E-state index is 0.112. The summed E-state index contributed by atoms with van der Waals surface area (Å²) in [5, 5.41) is 5.82. The average molecular weight is 349 g/mol. The van der Waals surface area contributed by atoms with Crippen molar-refractivity contribution in [2.75, 3.05) is 5.32 Å². The molecule has 3 aromatic rings. The van der Waals surface area contributed by atoms with Gasteiger partial charge in [0.1, 0.15) is 5.82 Å². The number of aromatic amines is 1. The van der Waals surface area contributed by atoms with Crippen LogP contribution in [0.2, 0.25) is 0 Å². The highest BCUT2D eigenvalue weighted by Gasteiger charge is 2.24. The van der Waals surface area contributed by atoms with E-state index in [0.29, 0.717) is 28.0 Å². The lowest BCUT2D eigenvalue weighted by Gasteiger charge is -2.11. The van der Waals surface area contributed by atoms with Gasteiger partial charge in [0.05, 0.1) is 11.1 Å². The Morgan fingerprint density at radius 3 is 2.69 bits per heavy atom. The smallest absolute Gasteiger partial charge is 0.257 e. The summed E-state index contributed by atoms with van der Waals surface area (Å²) in [5.74, 6) is 0.351. The van der Waals surface area contributed by atoms with Crippen molar-refractivity contribution in [3.05, 3.63) is 53.0 Å². The number of H-pyrrole nitrogens is 1. The number of fused-ring (bicyclic) bond motifs is 1. The molecule has 2 heterocycles. The molecule has 132 valence electrons. The number of hydrogen-bond acceptors (Lipinski definition) is 4. The van der Waals surface area contributed by atoms with Gasteiger partial charge in [-0.05, 0) is 50.5 Å². The number of nitrogens with zero attached hydrogens (tertiary/aromatic N) is 2. The normalized spacial score (nSPS) is 13.6. The highest BCUT2D eigenvalue weighted by molar-refractivity contribution is 6.06. The molecule has 0 atom stereocenters. The quantitative estimate of drug-likeness (QED) is 0.674. The van der Waals surface area contributed by atoms with Gasteiger partial charge in [-0.3, -0.25) is 9.59 Å². The number of rotatable bonds is 4. The number of carbonyl (C=O) groups excluding carboxylic acids is 2. The van der Waals surface area contributed by atoms with Gasteiger partial charge >= 0.3 is 0 Å². The summed E-state index contributed by atoms with van der Waals surface area (Å²) >= 11 is 0. The number of amides is 2. The summed E-state index contributed by atoms with van der Waals surface area (Å²) in [6.07, 6.45) is 3.56. The van der Waals surface area contributed by atoms with Gasteiger partial charge in [-0.2, -0.15) is 0 Å². The van der Waals surface area contributed by atoms with E-state index in [1.807, 2.05) is 19.9 Å². The van der Waals surface area contributed by atoms with Gasteiger partial charge in [0.2, 0.25) is 0 Å². The molecule has 3 N–H and O–H groups in total. The maximum absolute atomic E-state index is 12.6. The Balaban J connectivity index is 1.56. The number of imidazole rings is 1. The largest absolute Gasteiger partial charge is 0.349 e. The molecule has 1 fully saturated rings. The predicted octanol–water partition coefficient (Wildman–Crippen LogP) is 2.72. The van der Waals surface area contributed by atoms with E-state index in [0.717, 1.165) is 24.2 Å². The van der Waals surface area contributed by atoms with Crippen LogP contribution in [0.25, 0.3) is 11.2 Å². The number of carbonyl (C=O) groups is 2. The molecule has 7 heteroatoms. The second kappa shape index (κ2) is 6.25. The van der Waals surface area contributed by atoms with Crippen LogP contribution in [0, 0.1) is 13.8 Å². The number of aromatic nitrogens is 3. The molecular formula is C19H19N5O2. The Hall–Kier alpha value is -3.22. The van der Waals surface area contributed by atoms with Crippen molar-refractivity contribution in [1.82, 2.24) is 20.3 Å². The lowest BCUT2D eigenvalue weighted by Crippen LogP contribution is -2.25. The highest BCUT2D eigenvalue weighted by Crippen LogP contribution is 2.22. The van der Waals surface area contributed by atoms with Crippen LogP contribution in [0.15, 0.2) is 30.5 Å². The van der Waals surface area contributed by atoms with Gasteiger partial charge in [-0.25, -0.2) is 9.97 Å². The molecule has 7 nitrogen and oxygen atoms in total. The fourth-order valence-corrected chi connectivity index (χ4v) is 2.73. The number of anilines is 1. The van der Waals surface area contributed by atoms with Crippen molar-refractivity contribution < 1.29 is 9.59 Å². The van der Waals surface area contributed by atoms with Gasteiger partial charge in [0.15, 0.2) is 5.65 Å². The Bertz CT molecular complexity index is 1020. The maximum Gasteiger partial charge on any atom is 0.257 e. The molecule has 1 aliphatic rings. The fraction of sp³-hybridized carbons (Fsp3) is 0.263. The van der Waals surface area contributed by atoms with Crippen LogP contribution in [0.4, 0.5) is 5.69 Å². The Kier molecular flexibility index (Phi) is 3.91. The first-order valence-electron chi connectivity index (χ1n) is 8.55. The number of pyridine rings is 1. The molecule has 2 aromatic heterocycles. The van der Waals surface area contributed by atoms with Crippen molar-refractivity contribution in [3.63, 3.8) is 0 Å². The van der Waals surface area contributed by atoms with Crippen LogP contribution in [-0.4, -0.2) is 32.8 Å². The van der Waals surface area contributed by atoms with E-state index in [-0.39, 0.29) is 17.9 Å². The molecule has 0 bridgehead atoms. The zero-order chi connectivity index (χ0) is 18.3. The first kappa shape index (κ1) is 16.3. The molecule has 1 aliphatic carbocycles. The first-order chi connectivity index (χ1) is 12.5. The molecule has 0 spiro atoms. The van der Waals surface area contributed by atoms with Crippen molar-refractivity contribution in [3.8, 4) is 0 Å². The number of nitrogens with one attached hydrogen (secondary N) is 3. The van der Waals surface area contributed by atoms with Crippen LogP contribution in [0.5, 0.6) is 0 Å². The van der Waals surface area contributed by atoms with Crippen molar-refractivity contribution >= 4 is 28.7 Å². The van der Waals surface area contributed by atoms with Gasteiger partial charge in [0, 0.05) is 23.5 Å². The van der Waals surface area contributed by atoms with E-state index in [1.54, 1.807) is 18.2 Å². The van der Waals surface area contributed by atoms with Crippen molar-refractivity contribution in [1.29, 1.82) is 0 Å². The number of hydrogen-bond donors (Lipinski definition) is 3. The molecule has 0 radical (unpaired) electrons. The summed E-state index contributed by atoms with van der Waals surface area (Å²) in [6.45, 7) is 3.72. The zero-order valence-corrected chi connectivity index (χ0v) is 14.6. The van der Waals surface area contributed by atoms with Crippen LogP contribution >= 0.6 is 0 Å². The third kappa shape index (κ3) is 3.28. The Labute approximate surface area is 150 Å². The summed E-state index contributed by atoms with van der Waals surface area (Å²) in [6, 6.07) is 7.31. The van der Waals surface area contributed by atoms with Gasteiger partial charge in [-0.1, -0.05) is 6.07 Å². The van der Waals surface area contributed by atoms with E-state index in [2.05, 4.69) is 25.6 Å². The summed E-state index contributed by atoms with van der Waals surface area (Å²) in [7, 11) is 0. The maximum atomic E-state index is 12.6. The summed E-state index contributed by atoms with van der Waals surface area (Å²) in [5.41, 5.74) is 3.74. The Morgan fingerprint density at radius 2 is 1.92 bits per heavy atom. The minimum Gasteiger partial charge on any atom is -0.349 e. The molecule has 0 aliphatic heterocycles. The van der Waals surface area contributed by atoms with Crippen LogP contribution in [-0.2, 0) is 0 Å². The standard InChI is InChI=1S/C19H19N5O2/c1-10-3-4-12(18(25)23-14-5-6-14)7-15(10)24-19(26)13-8-16-17(20-9-13)22-11(2)21-16/h3-4,7-9,14H,5-6H2,1-2H3,(H,23,25)(H,24,26)(H,20,21,22). The van der Waals surface area contributed by atoms with Crippen LogP contribution in [0.1, 0.15) is 44.9 Å². The minimum atomic E-state index is -0.283. The topological polar surface area (TPSA) is 99.8 Å². The van der Waals surface area contributed by atoms with Crippen molar-refractivity contribution in [2.45, 2.75) is 32.7 Å². The molecule has 0 saturated heterocycles. The van der Waals surface area contributed by atoms with Gasteiger partial charge < -0.3 is 15.6 Å². The third-order valence-electron chi connectivity index (χ3n) is 4.38. The molecule has 1 saturated carbocycles.